The third kappa shape index (κ3) is 4.24. The van der Waals surface area contributed by atoms with Crippen LogP contribution in [0.1, 0.15) is 30.9 Å². The summed E-state index contributed by atoms with van der Waals surface area (Å²) in [7, 11) is -2.18. The molecule has 3 N–H and O–H groups in total. The Morgan fingerprint density at radius 1 is 1.54 bits per heavy atom. The number of nitrogens with one attached hydrogen (secondary N) is 3. The lowest BCUT2D eigenvalue weighted by Gasteiger charge is -2.41. The zero-order valence-electron chi connectivity index (χ0n) is 14.8. The van der Waals surface area contributed by atoms with Crippen molar-refractivity contribution in [3.05, 3.63) is 16.6 Å². The van der Waals surface area contributed by atoms with Crippen molar-refractivity contribution in [2.75, 3.05) is 26.7 Å². The van der Waals surface area contributed by atoms with Crippen LogP contribution < -0.4 is 14.8 Å². The molecular formula is C15H25N5O4S2. The summed E-state index contributed by atoms with van der Waals surface area (Å²) < 4.78 is 34.5. The molecule has 0 amide bonds. The zero-order valence-corrected chi connectivity index (χ0v) is 16.5. The summed E-state index contributed by atoms with van der Waals surface area (Å²) in [5, 5.41) is 6.17. The van der Waals surface area contributed by atoms with E-state index in [9.17, 15) is 13.2 Å². The van der Waals surface area contributed by atoms with Crippen LogP contribution in [0.2, 0.25) is 0 Å². The van der Waals surface area contributed by atoms with E-state index in [-0.39, 0.29) is 30.1 Å². The minimum atomic E-state index is -3.56. The molecule has 2 aliphatic heterocycles. The fraction of sp³-hybridized carbons (Fsp3) is 0.733. The SMILES string of the molecule is CCCNS(=O)(=O)NC1CC2C(C(=O)OC)CNC(c3nccs3)N2C1. The van der Waals surface area contributed by atoms with Crippen LogP contribution >= 0.6 is 11.3 Å². The molecule has 0 bridgehead atoms. The lowest BCUT2D eigenvalue weighted by Crippen LogP contribution is -2.55. The molecule has 9 nitrogen and oxygen atoms in total. The number of carbonyl (C=O) groups is 1. The Kier molecular flexibility index (Phi) is 6.25. The van der Waals surface area contributed by atoms with Crippen LogP contribution in [0.25, 0.3) is 0 Å². The molecule has 2 saturated heterocycles. The average Bonchev–Trinajstić information content (AvgIpc) is 3.27. The second-order valence-electron chi connectivity index (χ2n) is 6.52. The molecule has 0 saturated carbocycles. The summed E-state index contributed by atoms with van der Waals surface area (Å²) in [5.74, 6) is -0.618. The highest BCUT2D eigenvalue weighted by molar-refractivity contribution is 7.87. The monoisotopic (exact) mass is 403 g/mol. The minimum Gasteiger partial charge on any atom is -0.469 e. The number of hydrogen-bond donors (Lipinski definition) is 3. The first kappa shape index (κ1) is 19.6. The summed E-state index contributed by atoms with van der Waals surface area (Å²) in [4.78, 5) is 18.7. The van der Waals surface area contributed by atoms with E-state index in [1.54, 1.807) is 6.20 Å². The highest BCUT2D eigenvalue weighted by atomic mass is 32.2. The van der Waals surface area contributed by atoms with Gasteiger partial charge in [0, 0.05) is 43.3 Å². The number of carbonyl (C=O) groups excluding carboxylic acids is 1. The van der Waals surface area contributed by atoms with Gasteiger partial charge in [0.2, 0.25) is 0 Å². The lowest BCUT2D eigenvalue weighted by molar-refractivity contribution is -0.149. The van der Waals surface area contributed by atoms with Gasteiger partial charge in [-0.3, -0.25) is 15.0 Å². The number of methoxy groups -OCH3 is 1. The van der Waals surface area contributed by atoms with Crippen LogP contribution in [-0.4, -0.2) is 63.1 Å². The molecule has 4 unspecified atom stereocenters. The maximum atomic E-state index is 12.2. The molecule has 2 aliphatic rings. The summed E-state index contributed by atoms with van der Waals surface area (Å²) in [6.07, 6.45) is 2.89. The van der Waals surface area contributed by atoms with Crippen molar-refractivity contribution >= 4 is 27.5 Å². The van der Waals surface area contributed by atoms with E-state index in [4.69, 9.17) is 4.74 Å². The largest absolute Gasteiger partial charge is 0.469 e. The van der Waals surface area contributed by atoms with E-state index in [1.807, 2.05) is 12.3 Å². The zero-order chi connectivity index (χ0) is 18.7. The van der Waals surface area contributed by atoms with Crippen LogP contribution in [0.15, 0.2) is 11.6 Å². The number of rotatable bonds is 7. The van der Waals surface area contributed by atoms with Gasteiger partial charge >= 0.3 is 5.97 Å². The van der Waals surface area contributed by atoms with Gasteiger partial charge in [-0.25, -0.2) is 9.71 Å². The second kappa shape index (κ2) is 8.28. The van der Waals surface area contributed by atoms with E-state index >= 15 is 0 Å². The number of hydrogen-bond acceptors (Lipinski definition) is 8. The quantitative estimate of drug-likeness (QED) is 0.541. The molecular weight excluding hydrogens is 378 g/mol. The van der Waals surface area contributed by atoms with Gasteiger partial charge < -0.3 is 4.74 Å². The predicted octanol–water partition coefficient (Wildman–Crippen LogP) is -0.189. The van der Waals surface area contributed by atoms with Crippen molar-refractivity contribution in [3.8, 4) is 0 Å². The first-order chi connectivity index (χ1) is 12.4. The first-order valence-electron chi connectivity index (χ1n) is 8.68. The number of aromatic nitrogens is 1. The second-order valence-corrected chi connectivity index (χ2v) is 8.98. The molecule has 4 atom stereocenters. The Morgan fingerprint density at radius 3 is 3.00 bits per heavy atom. The van der Waals surface area contributed by atoms with Crippen molar-refractivity contribution in [3.63, 3.8) is 0 Å². The molecule has 3 rings (SSSR count). The van der Waals surface area contributed by atoms with Gasteiger partial charge in [-0.15, -0.1) is 11.3 Å². The van der Waals surface area contributed by atoms with Gasteiger partial charge in [0.1, 0.15) is 11.2 Å². The highest BCUT2D eigenvalue weighted by Crippen LogP contribution is 2.36. The molecule has 2 fully saturated rings. The van der Waals surface area contributed by atoms with Gasteiger partial charge in [0.05, 0.1) is 13.0 Å². The average molecular weight is 404 g/mol. The number of nitrogens with zero attached hydrogens (tertiary/aromatic N) is 2. The smallest absolute Gasteiger partial charge is 0.311 e. The molecule has 1 aromatic heterocycles. The van der Waals surface area contributed by atoms with Crippen LogP contribution in [0.5, 0.6) is 0 Å². The standard InChI is InChI=1S/C15H25N5O4S2/c1-3-4-18-26(22,23)19-10-7-12-11(15(21)24-2)8-17-13(20(12)9-10)14-16-5-6-25-14/h5-6,10-13,17-19H,3-4,7-9H2,1-2H3. The van der Waals surface area contributed by atoms with Crippen molar-refractivity contribution in [1.82, 2.24) is 24.6 Å². The third-order valence-corrected chi connectivity index (χ3v) is 6.82. The predicted molar refractivity (Wildman–Crippen MR) is 97.6 cm³/mol. The summed E-state index contributed by atoms with van der Waals surface area (Å²) in [6, 6.07) is -0.375. The fourth-order valence-corrected chi connectivity index (χ4v) is 5.55. The molecule has 0 spiro atoms. The Hall–Kier alpha value is -1.11. The van der Waals surface area contributed by atoms with E-state index in [2.05, 4.69) is 24.6 Å². The number of thiazole rings is 1. The molecule has 0 radical (unpaired) electrons. The van der Waals surface area contributed by atoms with Crippen molar-refractivity contribution in [1.29, 1.82) is 0 Å². The van der Waals surface area contributed by atoms with Crippen molar-refractivity contribution in [2.24, 2.45) is 5.92 Å². The van der Waals surface area contributed by atoms with Crippen LogP contribution in [0.3, 0.4) is 0 Å². The Morgan fingerprint density at radius 2 is 2.35 bits per heavy atom. The van der Waals surface area contributed by atoms with Crippen molar-refractivity contribution in [2.45, 2.75) is 38.0 Å². The maximum absolute atomic E-state index is 12.2. The molecule has 0 aromatic carbocycles. The minimum absolute atomic E-state index is 0.100. The molecule has 26 heavy (non-hydrogen) atoms. The first-order valence-corrected chi connectivity index (χ1v) is 11.0. The van der Waals surface area contributed by atoms with Crippen LogP contribution in [0, 0.1) is 5.92 Å². The Balaban J connectivity index is 1.77. The summed E-state index contributed by atoms with van der Waals surface area (Å²) in [5.41, 5.74) is 0. The molecule has 11 heteroatoms. The molecule has 146 valence electrons. The Bertz CT molecular complexity index is 712. The van der Waals surface area contributed by atoms with Gasteiger partial charge in [-0.05, 0) is 12.8 Å². The van der Waals surface area contributed by atoms with Gasteiger partial charge in [-0.1, -0.05) is 6.92 Å². The van der Waals surface area contributed by atoms with E-state index in [0.717, 1.165) is 11.4 Å². The third-order valence-electron chi connectivity index (χ3n) is 4.76. The van der Waals surface area contributed by atoms with Crippen molar-refractivity contribution < 1.29 is 17.9 Å². The van der Waals surface area contributed by atoms with Crippen LogP contribution in [0.4, 0.5) is 0 Å². The topological polar surface area (TPSA) is 113 Å². The lowest BCUT2D eigenvalue weighted by atomic mass is 9.94. The highest BCUT2D eigenvalue weighted by Gasteiger charge is 2.48. The van der Waals surface area contributed by atoms with E-state index in [0.29, 0.717) is 26.1 Å². The fourth-order valence-electron chi connectivity index (χ4n) is 3.65. The number of fused-ring (bicyclic) bond motifs is 1. The number of ether oxygens (including phenoxy) is 1. The summed E-state index contributed by atoms with van der Waals surface area (Å²) in [6.45, 7) is 3.28. The van der Waals surface area contributed by atoms with E-state index < -0.39 is 10.2 Å². The summed E-state index contributed by atoms with van der Waals surface area (Å²) >= 11 is 1.54. The van der Waals surface area contributed by atoms with E-state index in [1.165, 1.54) is 18.4 Å². The van der Waals surface area contributed by atoms with Gasteiger partial charge in [-0.2, -0.15) is 13.1 Å². The molecule has 0 aliphatic carbocycles. The molecule has 3 heterocycles. The van der Waals surface area contributed by atoms with Gasteiger partial charge in [0.25, 0.3) is 10.2 Å². The number of esters is 1. The van der Waals surface area contributed by atoms with Gasteiger partial charge in [0.15, 0.2) is 0 Å². The normalized spacial score (nSPS) is 29.5. The maximum Gasteiger partial charge on any atom is 0.311 e. The molecule has 1 aromatic rings. The Labute approximate surface area is 157 Å². The van der Waals surface area contributed by atoms with Crippen LogP contribution in [-0.2, 0) is 19.7 Å².